The first kappa shape index (κ1) is 13.4. The Morgan fingerprint density at radius 2 is 2.44 bits per heavy atom. The molecule has 2 rings (SSSR count). The van der Waals surface area contributed by atoms with Gasteiger partial charge in [0, 0.05) is 12.1 Å². The maximum Gasteiger partial charge on any atom is 0.265 e. The molecule has 0 saturated carbocycles. The molecule has 18 heavy (non-hydrogen) atoms. The summed E-state index contributed by atoms with van der Waals surface area (Å²) in [5.41, 5.74) is 0.830. The van der Waals surface area contributed by atoms with Crippen molar-refractivity contribution in [2.24, 2.45) is 0 Å². The Bertz CT molecular complexity index is 407. The Labute approximate surface area is 112 Å². The molecule has 100 valence electrons. The standard InChI is InChI=1S/C12H20N4OS/c1-3-5-10-11(18-16-15-10)12(17)14-9-6-4-7-13-8(9)2/h8-9,13H,3-7H2,1-2H3,(H,14,17). The van der Waals surface area contributed by atoms with Gasteiger partial charge in [0.25, 0.3) is 5.91 Å². The van der Waals surface area contributed by atoms with Crippen molar-refractivity contribution >= 4 is 17.4 Å². The molecule has 1 aliphatic heterocycles. The predicted molar refractivity (Wildman–Crippen MR) is 71.9 cm³/mol. The molecule has 0 bridgehead atoms. The third kappa shape index (κ3) is 3.05. The number of aryl methyl sites for hydroxylation is 1. The fraction of sp³-hybridized carbons (Fsp3) is 0.750. The quantitative estimate of drug-likeness (QED) is 0.865. The molecular weight excluding hydrogens is 248 g/mol. The van der Waals surface area contributed by atoms with E-state index < -0.39 is 0 Å². The maximum absolute atomic E-state index is 12.2. The summed E-state index contributed by atoms with van der Waals surface area (Å²) in [6.07, 6.45) is 3.94. The largest absolute Gasteiger partial charge is 0.347 e. The summed E-state index contributed by atoms with van der Waals surface area (Å²) in [6.45, 7) is 5.23. The summed E-state index contributed by atoms with van der Waals surface area (Å²) in [7, 11) is 0. The minimum Gasteiger partial charge on any atom is -0.347 e. The minimum absolute atomic E-state index is 0.0194. The van der Waals surface area contributed by atoms with Gasteiger partial charge in [-0.25, -0.2) is 0 Å². The molecule has 1 saturated heterocycles. The summed E-state index contributed by atoms with van der Waals surface area (Å²) in [5.74, 6) is -0.0194. The third-order valence-electron chi connectivity index (χ3n) is 3.33. The molecule has 1 amide bonds. The van der Waals surface area contributed by atoms with Crippen molar-refractivity contribution < 1.29 is 4.79 Å². The van der Waals surface area contributed by atoms with E-state index >= 15 is 0 Å². The van der Waals surface area contributed by atoms with Gasteiger partial charge in [-0.2, -0.15) is 0 Å². The van der Waals surface area contributed by atoms with E-state index in [1.54, 1.807) is 0 Å². The fourth-order valence-corrected chi connectivity index (χ4v) is 2.87. The second kappa shape index (κ2) is 6.24. The average Bonchev–Trinajstić information content (AvgIpc) is 2.81. The number of rotatable bonds is 4. The second-order valence-corrected chi connectivity index (χ2v) is 5.52. The van der Waals surface area contributed by atoms with E-state index in [0.29, 0.717) is 10.9 Å². The van der Waals surface area contributed by atoms with Gasteiger partial charge in [0.1, 0.15) is 4.88 Å². The van der Waals surface area contributed by atoms with Crippen LogP contribution in [-0.2, 0) is 6.42 Å². The van der Waals surface area contributed by atoms with Gasteiger partial charge >= 0.3 is 0 Å². The van der Waals surface area contributed by atoms with Crippen LogP contribution in [0.1, 0.15) is 48.5 Å². The normalized spacial score (nSPS) is 23.9. The Balaban J connectivity index is 2.00. The number of hydrogen-bond donors (Lipinski definition) is 2. The highest BCUT2D eigenvalue weighted by Crippen LogP contribution is 2.14. The van der Waals surface area contributed by atoms with Crippen LogP contribution in [0, 0.1) is 0 Å². The smallest absolute Gasteiger partial charge is 0.265 e. The molecule has 1 fully saturated rings. The van der Waals surface area contributed by atoms with Crippen LogP contribution in [0.15, 0.2) is 0 Å². The van der Waals surface area contributed by atoms with Crippen LogP contribution in [0.2, 0.25) is 0 Å². The average molecular weight is 268 g/mol. The summed E-state index contributed by atoms with van der Waals surface area (Å²) in [6, 6.07) is 0.543. The molecule has 6 heteroatoms. The zero-order valence-electron chi connectivity index (χ0n) is 10.9. The summed E-state index contributed by atoms with van der Waals surface area (Å²) >= 11 is 1.19. The number of nitrogens with zero attached hydrogens (tertiary/aromatic N) is 2. The SMILES string of the molecule is CCCc1nnsc1C(=O)NC1CCCNC1C. The molecule has 0 aliphatic carbocycles. The number of amides is 1. The lowest BCUT2D eigenvalue weighted by Crippen LogP contribution is -2.51. The Morgan fingerprint density at radius 3 is 3.17 bits per heavy atom. The van der Waals surface area contributed by atoms with Crippen molar-refractivity contribution in [3.63, 3.8) is 0 Å². The van der Waals surface area contributed by atoms with Gasteiger partial charge in [-0.05, 0) is 44.3 Å². The lowest BCUT2D eigenvalue weighted by Gasteiger charge is -2.30. The number of carbonyl (C=O) groups excluding carboxylic acids is 1. The molecule has 2 N–H and O–H groups in total. The Morgan fingerprint density at radius 1 is 1.61 bits per heavy atom. The van der Waals surface area contributed by atoms with Crippen LogP contribution >= 0.6 is 11.5 Å². The fourth-order valence-electron chi connectivity index (χ4n) is 2.26. The molecule has 1 aromatic rings. The summed E-state index contributed by atoms with van der Waals surface area (Å²) in [5, 5.41) is 10.5. The van der Waals surface area contributed by atoms with Crippen molar-refractivity contribution in [2.45, 2.75) is 51.6 Å². The highest BCUT2D eigenvalue weighted by molar-refractivity contribution is 7.08. The molecule has 1 aromatic heterocycles. The minimum atomic E-state index is -0.0194. The van der Waals surface area contributed by atoms with Crippen LogP contribution < -0.4 is 10.6 Å². The zero-order valence-corrected chi connectivity index (χ0v) is 11.7. The van der Waals surface area contributed by atoms with E-state index in [1.165, 1.54) is 11.5 Å². The van der Waals surface area contributed by atoms with Gasteiger partial charge in [-0.3, -0.25) is 4.79 Å². The first-order valence-electron chi connectivity index (χ1n) is 6.57. The number of hydrogen-bond acceptors (Lipinski definition) is 5. The molecule has 5 nitrogen and oxygen atoms in total. The lowest BCUT2D eigenvalue weighted by molar-refractivity contribution is 0.0923. The van der Waals surface area contributed by atoms with Crippen molar-refractivity contribution in [2.75, 3.05) is 6.54 Å². The molecule has 0 spiro atoms. The van der Waals surface area contributed by atoms with E-state index in [-0.39, 0.29) is 11.9 Å². The van der Waals surface area contributed by atoms with Crippen molar-refractivity contribution in [3.8, 4) is 0 Å². The van der Waals surface area contributed by atoms with Gasteiger partial charge in [0.05, 0.1) is 5.69 Å². The first-order chi connectivity index (χ1) is 8.72. The van der Waals surface area contributed by atoms with E-state index in [0.717, 1.165) is 37.9 Å². The Kier molecular flexibility index (Phi) is 4.66. The highest BCUT2D eigenvalue weighted by atomic mass is 32.1. The first-order valence-corrected chi connectivity index (χ1v) is 7.35. The van der Waals surface area contributed by atoms with Crippen LogP contribution in [0.3, 0.4) is 0 Å². The van der Waals surface area contributed by atoms with E-state index in [4.69, 9.17) is 0 Å². The number of nitrogens with one attached hydrogen (secondary N) is 2. The van der Waals surface area contributed by atoms with Crippen LogP contribution in [0.4, 0.5) is 0 Å². The molecule has 0 aromatic carbocycles. The van der Waals surface area contributed by atoms with Crippen molar-refractivity contribution in [1.82, 2.24) is 20.2 Å². The summed E-state index contributed by atoms with van der Waals surface area (Å²) in [4.78, 5) is 12.9. The van der Waals surface area contributed by atoms with Crippen molar-refractivity contribution in [3.05, 3.63) is 10.6 Å². The van der Waals surface area contributed by atoms with E-state index in [1.807, 2.05) is 0 Å². The number of aromatic nitrogens is 2. The van der Waals surface area contributed by atoms with Crippen LogP contribution in [-0.4, -0.2) is 34.1 Å². The lowest BCUT2D eigenvalue weighted by atomic mass is 10.00. The predicted octanol–water partition coefficient (Wildman–Crippen LogP) is 1.36. The van der Waals surface area contributed by atoms with Crippen LogP contribution in [0.5, 0.6) is 0 Å². The van der Waals surface area contributed by atoms with Gasteiger partial charge in [-0.1, -0.05) is 17.8 Å². The van der Waals surface area contributed by atoms with Gasteiger partial charge in [0.15, 0.2) is 0 Å². The monoisotopic (exact) mass is 268 g/mol. The maximum atomic E-state index is 12.2. The van der Waals surface area contributed by atoms with Gasteiger partial charge < -0.3 is 10.6 Å². The molecule has 2 atom stereocenters. The number of carbonyl (C=O) groups is 1. The molecule has 2 unspecified atom stereocenters. The number of piperidine rings is 1. The third-order valence-corrected chi connectivity index (χ3v) is 4.09. The highest BCUT2D eigenvalue weighted by Gasteiger charge is 2.24. The second-order valence-electron chi connectivity index (χ2n) is 4.76. The summed E-state index contributed by atoms with van der Waals surface area (Å²) < 4.78 is 3.89. The molecular formula is C12H20N4OS. The van der Waals surface area contributed by atoms with Crippen molar-refractivity contribution in [1.29, 1.82) is 0 Å². The molecule has 0 radical (unpaired) electrons. The zero-order chi connectivity index (χ0) is 13.0. The topological polar surface area (TPSA) is 66.9 Å². The van der Waals surface area contributed by atoms with E-state index in [2.05, 4.69) is 34.1 Å². The Hall–Kier alpha value is -1.01. The molecule has 1 aliphatic rings. The van der Waals surface area contributed by atoms with Crippen LogP contribution in [0.25, 0.3) is 0 Å². The molecule has 2 heterocycles. The van der Waals surface area contributed by atoms with Gasteiger partial charge in [-0.15, -0.1) is 5.10 Å². The van der Waals surface area contributed by atoms with Gasteiger partial charge in [0.2, 0.25) is 0 Å². The van der Waals surface area contributed by atoms with E-state index in [9.17, 15) is 4.79 Å².